The van der Waals surface area contributed by atoms with Crippen molar-refractivity contribution >= 4 is 21.9 Å². The third-order valence-electron chi connectivity index (χ3n) is 2.55. The molecule has 0 radical (unpaired) electrons. The lowest BCUT2D eigenvalue weighted by Gasteiger charge is -2.04. The smallest absolute Gasteiger partial charge is 0.186 e. The van der Waals surface area contributed by atoms with E-state index >= 15 is 0 Å². The van der Waals surface area contributed by atoms with Crippen LogP contribution in [0.3, 0.4) is 0 Å². The molecule has 2 rings (SSSR count). The Hall–Kier alpha value is -1.81. The molecule has 0 fully saturated rings. The molecule has 4 N–H and O–H groups in total. The van der Waals surface area contributed by atoms with Crippen molar-refractivity contribution in [2.75, 3.05) is 0 Å². The van der Waals surface area contributed by atoms with Crippen molar-refractivity contribution < 1.29 is 0 Å². The molecule has 0 saturated heterocycles. The average Bonchev–Trinajstić information content (AvgIpc) is 2.37. The first-order valence-corrected chi connectivity index (χ1v) is 6.35. The standard InChI is InChI=1S/C14H14BrN3/c15-13-6-4-11(5-7-13)12-3-1-2-10(8-12)9-18-14(16)17/h1-8H,9H2,(H4,16,17,18). The van der Waals surface area contributed by atoms with Crippen molar-refractivity contribution in [3.05, 3.63) is 58.6 Å². The maximum absolute atomic E-state index is 5.33. The summed E-state index contributed by atoms with van der Waals surface area (Å²) in [6, 6.07) is 16.4. The fourth-order valence-corrected chi connectivity index (χ4v) is 1.94. The van der Waals surface area contributed by atoms with E-state index in [2.05, 4.69) is 45.2 Å². The van der Waals surface area contributed by atoms with Crippen LogP contribution in [0.25, 0.3) is 11.1 Å². The summed E-state index contributed by atoms with van der Waals surface area (Å²) >= 11 is 3.43. The zero-order chi connectivity index (χ0) is 13.0. The summed E-state index contributed by atoms with van der Waals surface area (Å²) in [5.74, 6) is 0.115. The van der Waals surface area contributed by atoms with E-state index in [9.17, 15) is 0 Å². The Balaban J connectivity index is 2.26. The van der Waals surface area contributed by atoms with Gasteiger partial charge in [0.05, 0.1) is 6.54 Å². The fourth-order valence-electron chi connectivity index (χ4n) is 1.67. The molecule has 0 bridgehead atoms. The molecule has 0 atom stereocenters. The van der Waals surface area contributed by atoms with Crippen molar-refractivity contribution in [3.8, 4) is 11.1 Å². The zero-order valence-corrected chi connectivity index (χ0v) is 11.4. The van der Waals surface area contributed by atoms with Gasteiger partial charge in [0, 0.05) is 4.47 Å². The van der Waals surface area contributed by atoms with Crippen LogP contribution in [0.5, 0.6) is 0 Å². The van der Waals surface area contributed by atoms with Crippen molar-refractivity contribution in [1.82, 2.24) is 0 Å². The Morgan fingerprint density at radius 1 is 1.00 bits per heavy atom. The Kier molecular flexibility index (Phi) is 3.99. The van der Waals surface area contributed by atoms with Gasteiger partial charge < -0.3 is 11.5 Å². The molecule has 0 spiro atoms. The molecular weight excluding hydrogens is 290 g/mol. The number of hydrogen-bond donors (Lipinski definition) is 2. The SMILES string of the molecule is NC(N)=NCc1cccc(-c2ccc(Br)cc2)c1. The molecular formula is C14H14BrN3. The molecule has 0 saturated carbocycles. The third kappa shape index (κ3) is 3.34. The minimum atomic E-state index is 0.115. The van der Waals surface area contributed by atoms with E-state index in [-0.39, 0.29) is 5.96 Å². The number of halogens is 1. The van der Waals surface area contributed by atoms with Crippen molar-refractivity contribution in [2.45, 2.75) is 6.54 Å². The van der Waals surface area contributed by atoms with Gasteiger partial charge in [-0.15, -0.1) is 0 Å². The van der Waals surface area contributed by atoms with Crippen LogP contribution in [-0.4, -0.2) is 5.96 Å². The molecule has 92 valence electrons. The second kappa shape index (κ2) is 5.69. The van der Waals surface area contributed by atoms with Gasteiger partial charge in [0.1, 0.15) is 0 Å². The van der Waals surface area contributed by atoms with Gasteiger partial charge in [-0.05, 0) is 34.9 Å². The van der Waals surface area contributed by atoms with Gasteiger partial charge in [0.2, 0.25) is 0 Å². The summed E-state index contributed by atoms with van der Waals surface area (Å²) in [5.41, 5.74) is 14.1. The van der Waals surface area contributed by atoms with Gasteiger partial charge >= 0.3 is 0 Å². The first kappa shape index (κ1) is 12.6. The lowest BCUT2D eigenvalue weighted by Crippen LogP contribution is -2.22. The first-order chi connectivity index (χ1) is 8.65. The molecule has 18 heavy (non-hydrogen) atoms. The maximum Gasteiger partial charge on any atom is 0.186 e. The van der Waals surface area contributed by atoms with Gasteiger partial charge in [0.25, 0.3) is 0 Å². The number of aliphatic imine (C=N–C) groups is 1. The minimum absolute atomic E-state index is 0.115. The van der Waals surface area contributed by atoms with E-state index < -0.39 is 0 Å². The number of hydrogen-bond acceptors (Lipinski definition) is 1. The van der Waals surface area contributed by atoms with E-state index in [0.29, 0.717) is 6.54 Å². The highest BCUT2D eigenvalue weighted by atomic mass is 79.9. The van der Waals surface area contributed by atoms with Gasteiger partial charge in [0.15, 0.2) is 5.96 Å². The zero-order valence-electron chi connectivity index (χ0n) is 9.81. The van der Waals surface area contributed by atoms with Gasteiger partial charge in [-0.1, -0.05) is 46.3 Å². The molecule has 0 heterocycles. The van der Waals surface area contributed by atoms with Crippen LogP contribution < -0.4 is 11.5 Å². The summed E-state index contributed by atoms with van der Waals surface area (Å²) in [6.45, 7) is 0.507. The predicted molar refractivity (Wildman–Crippen MR) is 79.1 cm³/mol. The summed E-state index contributed by atoms with van der Waals surface area (Å²) in [6.07, 6.45) is 0. The second-order valence-electron chi connectivity index (χ2n) is 3.95. The number of nitrogens with two attached hydrogens (primary N) is 2. The van der Waals surface area contributed by atoms with E-state index in [4.69, 9.17) is 11.5 Å². The molecule has 0 aliphatic heterocycles. The van der Waals surface area contributed by atoms with Gasteiger partial charge in [-0.3, -0.25) is 0 Å². The van der Waals surface area contributed by atoms with E-state index in [1.165, 1.54) is 5.56 Å². The fraction of sp³-hybridized carbons (Fsp3) is 0.0714. The van der Waals surface area contributed by atoms with E-state index in [0.717, 1.165) is 15.6 Å². The average molecular weight is 304 g/mol. The van der Waals surface area contributed by atoms with Crippen LogP contribution in [0.4, 0.5) is 0 Å². The lowest BCUT2D eigenvalue weighted by atomic mass is 10.0. The normalized spacial score (nSPS) is 10.1. The molecule has 0 aromatic heterocycles. The topological polar surface area (TPSA) is 64.4 Å². The number of benzene rings is 2. The van der Waals surface area contributed by atoms with E-state index in [1.807, 2.05) is 24.3 Å². The molecule has 2 aromatic rings. The number of nitrogens with zero attached hydrogens (tertiary/aromatic N) is 1. The van der Waals surface area contributed by atoms with Crippen molar-refractivity contribution in [3.63, 3.8) is 0 Å². The molecule has 4 heteroatoms. The Bertz CT molecular complexity index is 558. The summed E-state index contributed by atoms with van der Waals surface area (Å²) in [4.78, 5) is 4.01. The maximum atomic E-state index is 5.33. The molecule has 2 aromatic carbocycles. The highest BCUT2D eigenvalue weighted by Gasteiger charge is 1.99. The Morgan fingerprint density at radius 2 is 1.72 bits per heavy atom. The number of guanidine groups is 1. The van der Waals surface area contributed by atoms with Gasteiger partial charge in [-0.2, -0.15) is 0 Å². The minimum Gasteiger partial charge on any atom is -0.370 e. The molecule has 0 amide bonds. The van der Waals surface area contributed by atoms with Crippen molar-refractivity contribution in [1.29, 1.82) is 0 Å². The highest BCUT2D eigenvalue weighted by molar-refractivity contribution is 9.10. The number of rotatable bonds is 3. The van der Waals surface area contributed by atoms with Crippen LogP contribution in [-0.2, 0) is 6.54 Å². The summed E-state index contributed by atoms with van der Waals surface area (Å²) in [7, 11) is 0. The molecule has 0 unspecified atom stereocenters. The largest absolute Gasteiger partial charge is 0.370 e. The highest BCUT2D eigenvalue weighted by Crippen LogP contribution is 2.22. The van der Waals surface area contributed by atoms with Gasteiger partial charge in [-0.25, -0.2) is 4.99 Å². The first-order valence-electron chi connectivity index (χ1n) is 5.55. The monoisotopic (exact) mass is 303 g/mol. The van der Waals surface area contributed by atoms with Crippen LogP contribution in [0.1, 0.15) is 5.56 Å². The second-order valence-corrected chi connectivity index (χ2v) is 4.86. The Morgan fingerprint density at radius 3 is 2.39 bits per heavy atom. The molecule has 0 aliphatic carbocycles. The van der Waals surface area contributed by atoms with Crippen LogP contribution >= 0.6 is 15.9 Å². The molecule has 0 aliphatic rings. The third-order valence-corrected chi connectivity index (χ3v) is 3.08. The van der Waals surface area contributed by atoms with Crippen LogP contribution in [0.2, 0.25) is 0 Å². The molecule has 3 nitrogen and oxygen atoms in total. The quantitative estimate of drug-likeness (QED) is 0.676. The van der Waals surface area contributed by atoms with E-state index in [1.54, 1.807) is 0 Å². The summed E-state index contributed by atoms with van der Waals surface area (Å²) < 4.78 is 1.07. The summed E-state index contributed by atoms with van der Waals surface area (Å²) in [5, 5.41) is 0. The predicted octanol–water partition coefficient (Wildman–Crippen LogP) is 2.89. The van der Waals surface area contributed by atoms with Crippen LogP contribution in [0, 0.1) is 0 Å². The lowest BCUT2D eigenvalue weighted by molar-refractivity contribution is 1.06. The van der Waals surface area contributed by atoms with Crippen molar-refractivity contribution in [2.24, 2.45) is 16.5 Å². The van der Waals surface area contributed by atoms with Crippen LogP contribution in [0.15, 0.2) is 58.0 Å². The Labute approximate surface area is 115 Å².